The van der Waals surface area contributed by atoms with E-state index in [2.05, 4.69) is 4.90 Å². The molecule has 3 aliphatic heterocycles. The van der Waals surface area contributed by atoms with Crippen LogP contribution in [0.5, 0.6) is 11.5 Å². The highest BCUT2D eigenvalue weighted by molar-refractivity contribution is 6.30. The number of benzene rings is 2. The van der Waals surface area contributed by atoms with Crippen LogP contribution in [-0.2, 0) is 34.9 Å². The molecule has 13 heteroatoms. The van der Waals surface area contributed by atoms with E-state index in [-0.39, 0.29) is 35.3 Å². The zero-order chi connectivity index (χ0) is 31.2. The van der Waals surface area contributed by atoms with Gasteiger partial charge in [0.2, 0.25) is 5.78 Å². The third kappa shape index (κ3) is 4.18. The van der Waals surface area contributed by atoms with Gasteiger partial charge in [-0.25, -0.2) is 4.39 Å². The Balaban J connectivity index is 1.29. The summed E-state index contributed by atoms with van der Waals surface area (Å²) >= 11 is 0. The van der Waals surface area contributed by atoms with Crippen molar-refractivity contribution in [3.05, 3.63) is 57.4 Å². The number of phenols is 2. The van der Waals surface area contributed by atoms with Gasteiger partial charge in [0, 0.05) is 55.6 Å². The van der Waals surface area contributed by atoms with Crippen LogP contribution in [-0.4, -0.2) is 100 Å². The number of carbonyl (C=O) groups excluding carboxylic acids is 3. The van der Waals surface area contributed by atoms with E-state index in [0.29, 0.717) is 19.6 Å². The molecule has 3 heterocycles. The van der Waals surface area contributed by atoms with Gasteiger partial charge in [0.15, 0.2) is 30.4 Å². The van der Waals surface area contributed by atoms with Crippen molar-refractivity contribution < 1.29 is 57.8 Å². The lowest BCUT2D eigenvalue weighted by molar-refractivity contribution is -0.256. The summed E-state index contributed by atoms with van der Waals surface area (Å²) in [7, 11) is 1.54. The van der Waals surface area contributed by atoms with Gasteiger partial charge in [0.25, 0.3) is 0 Å². The van der Waals surface area contributed by atoms with E-state index < -0.39 is 94.4 Å². The largest absolute Gasteiger partial charge is 0.507 e. The van der Waals surface area contributed by atoms with Crippen LogP contribution in [0, 0.1) is 5.82 Å². The molecule has 3 N–H and O–H groups in total. The number of ketones is 3. The normalized spacial score (nSPS) is 34.5. The zero-order valence-electron chi connectivity index (χ0n) is 24.2. The van der Waals surface area contributed by atoms with Crippen molar-refractivity contribution in [3.8, 4) is 11.5 Å². The van der Waals surface area contributed by atoms with Crippen LogP contribution in [0.3, 0.4) is 0 Å². The first-order chi connectivity index (χ1) is 20.9. The molecule has 8 atom stereocenters. The van der Waals surface area contributed by atoms with Gasteiger partial charge < -0.3 is 39.0 Å². The first-order valence-corrected chi connectivity index (χ1v) is 14.5. The molecule has 0 aromatic heterocycles. The maximum absolute atomic E-state index is 14.8. The van der Waals surface area contributed by atoms with Gasteiger partial charge in [-0.05, 0) is 19.9 Å². The Labute approximate surface area is 251 Å². The van der Waals surface area contributed by atoms with E-state index in [4.69, 9.17) is 23.7 Å². The average Bonchev–Trinajstić information content (AvgIpc) is 3.37. The highest BCUT2D eigenvalue weighted by Crippen LogP contribution is 2.52. The van der Waals surface area contributed by atoms with Gasteiger partial charge in [-0.15, -0.1) is 0 Å². The number of hydrogen-bond donors (Lipinski definition) is 3. The lowest BCUT2D eigenvalue weighted by Gasteiger charge is -2.43. The third-order valence-corrected chi connectivity index (χ3v) is 9.60. The van der Waals surface area contributed by atoms with Crippen LogP contribution < -0.4 is 0 Å². The molecule has 2 aromatic rings. The first kappa shape index (κ1) is 29.4. The molecule has 0 saturated carbocycles. The second kappa shape index (κ2) is 10.4. The molecule has 0 amide bonds. The standard InChI is InChI=1S/C31H32FNO11/c1-12-28-17(33-7-8-41-30(40-3)29(33)44-28)9-19(42-12)43-18-11-31(39,13(2)34)10-15-21(18)27(38)23-22(25(15)36)24(35)14-5-4-6-16(32)20(14)26(23)37/h4-6,12,17-19,28-30,36,38-39H,7-11H2,1-3H3. The SMILES string of the molecule is COC1OCCN2C3CC(OC4CC(O)(C(C)=O)Cc5c(O)c6c(c(O)c54)C(=O)c4c(F)cccc4C6=O)OC(C)C3OC12. The number of ether oxygens (including phenoxy) is 5. The van der Waals surface area contributed by atoms with Gasteiger partial charge in [0.1, 0.15) is 29.0 Å². The van der Waals surface area contributed by atoms with Crippen LogP contribution in [0.1, 0.15) is 75.8 Å². The molecule has 2 aromatic carbocycles. The van der Waals surface area contributed by atoms with E-state index in [9.17, 15) is 34.1 Å². The summed E-state index contributed by atoms with van der Waals surface area (Å²) in [6, 6.07) is 3.38. The monoisotopic (exact) mass is 613 g/mol. The van der Waals surface area contributed by atoms with Crippen molar-refractivity contribution >= 4 is 17.3 Å². The predicted octanol–water partition coefficient (Wildman–Crippen LogP) is 1.87. The summed E-state index contributed by atoms with van der Waals surface area (Å²) in [6.07, 6.45) is -4.47. The summed E-state index contributed by atoms with van der Waals surface area (Å²) in [5.74, 6) is -4.78. The van der Waals surface area contributed by atoms with Crippen LogP contribution >= 0.6 is 0 Å². The molecule has 0 radical (unpaired) electrons. The summed E-state index contributed by atoms with van der Waals surface area (Å²) in [5.41, 5.74) is -4.07. The van der Waals surface area contributed by atoms with Crippen molar-refractivity contribution in [2.24, 2.45) is 0 Å². The number of nitrogens with zero attached hydrogens (tertiary/aromatic N) is 1. The number of methoxy groups -OCH3 is 1. The Kier molecular flexibility index (Phi) is 6.94. The fraction of sp³-hybridized carbons (Fsp3) is 0.516. The average molecular weight is 614 g/mol. The Morgan fingerprint density at radius 2 is 1.86 bits per heavy atom. The summed E-state index contributed by atoms with van der Waals surface area (Å²) in [4.78, 5) is 41.8. The smallest absolute Gasteiger partial charge is 0.201 e. The third-order valence-electron chi connectivity index (χ3n) is 9.60. The molecule has 44 heavy (non-hydrogen) atoms. The van der Waals surface area contributed by atoms with E-state index in [0.717, 1.165) is 6.07 Å². The van der Waals surface area contributed by atoms with Crippen molar-refractivity contribution in [1.29, 1.82) is 0 Å². The molecule has 7 rings (SSSR count). The molecule has 0 bridgehead atoms. The molecule has 0 spiro atoms. The Hall–Kier alpha value is -3.30. The zero-order valence-corrected chi connectivity index (χ0v) is 24.2. The molecular weight excluding hydrogens is 581 g/mol. The van der Waals surface area contributed by atoms with E-state index >= 15 is 0 Å². The number of fused-ring (bicyclic) bond motifs is 6. The summed E-state index contributed by atoms with van der Waals surface area (Å²) in [5, 5.41) is 34.4. The number of aromatic hydroxyl groups is 2. The minimum Gasteiger partial charge on any atom is -0.507 e. The Morgan fingerprint density at radius 1 is 1.11 bits per heavy atom. The van der Waals surface area contributed by atoms with Crippen LogP contribution in [0.15, 0.2) is 18.2 Å². The second-order valence-electron chi connectivity index (χ2n) is 12.0. The molecule has 3 saturated heterocycles. The minimum absolute atomic E-state index is 0.0714. The van der Waals surface area contributed by atoms with Crippen molar-refractivity contribution in [2.45, 2.75) is 81.9 Å². The molecule has 234 valence electrons. The molecule has 8 unspecified atom stereocenters. The van der Waals surface area contributed by atoms with E-state index in [1.807, 2.05) is 6.92 Å². The number of rotatable bonds is 4. The lowest BCUT2D eigenvalue weighted by Crippen LogP contribution is -2.55. The topological polar surface area (TPSA) is 161 Å². The molecule has 12 nitrogen and oxygen atoms in total. The maximum atomic E-state index is 14.8. The predicted molar refractivity (Wildman–Crippen MR) is 146 cm³/mol. The number of Topliss-reactive ketones (excluding diaryl/α,β-unsaturated/α-hetero) is 1. The Morgan fingerprint density at radius 3 is 2.59 bits per heavy atom. The van der Waals surface area contributed by atoms with Crippen LogP contribution in [0.2, 0.25) is 0 Å². The highest BCUT2D eigenvalue weighted by atomic mass is 19.1. The fourth-order valence-electron chi connectivity index (χ4n) is 7.42. The quantitative estimate of drug-likeness (QED) is 0.367. The molecular formula is C31H32FNO11. The van der Waals surface area contributed by atoms with Crippen molar-refractivity contribution in [3.63, 3.8) is 0 Å². The molecule has 5 aliphatic rings. The van der Waals surface area contributed by atoms with Gasteiger partial charge in [-0.3, -0.25) is 19.3 Å². The van der Waals surface area contributed by atoms with E-state index in [1.165, 1.54) is 26.2 Å². The van der Waals surface area contributed by atoms with Gasteiger partial charge >= 0.3 is 0 Å². The second-order valence-corrected chi connectivity index (χ2v) is 12.0. The summed E-state index contributed by atoms with van der Waals surface area (Å²) in [6.45, 7) is 4.02. The van der Waals surface area contributed by atoms with Crippen LogP contribution in [0.25, 0.3) is 0 Å². The number of phenolic OH excluding ortho intramolecular Hbond substituents is 2. The number of aliphatic hydroxyl groups is 1. The summed E-state index contributed by atoms with van der Waals surface area (Å²) < 4.78 is 44.7. The van der Waals surface area contributed by atoms with Crippen molar-refractivity contribution in [1.82, 2.24) is 4.90 Å². The van der Waals surface area contributed by atoms with Gasteiger partial charge in [-0.2, -0.15) is 0 Å². The number of halogens is 1. The Bertz CT molecular complexity index is 1590. The van der Waals surface area contributed by atoms with E-state index in [1.54, 1.807) is 0 Å². The van der Waals surface area contributed by atoms with Gasteiger partial charge in [0.05, 0.1) is 35.5 Å². The number of carbonyl (C=O) groups is 3. The fourth-order valence-corrected chi connectivity index (χ4v) is 7.42. The first-order valence-electron chi connectivity index (χ1n) is 14.5. The highest BCUT2D eigenvalue weighted by Gasteiger charge is 2.55. The van der Waals surface area contributed by atoms with Gasteiger partial charge in [-0.1, -0.05) is 12.1 Å². The lowest BCUT2D eigenvalue weighted by atomic mass is 9.72. The number of hydrogen-bond acceptors (Lipinski definition) is 12. The number of morpholine rings is 1. The minimum atomic E-state index is -2.03. The van der Waals surface area contributed by atoms with Crippen LogP contribution in [0.4, 0.5) is 4.39 Å². The van der Waals surface area contributed by atoms with Crippen molar-refractivity contribution in [2.75, 3.05) is 20.3 Å². The molecule has 2 aliphatic carbocycles. The molecule has 3 fully saturated rings. The maximum Gasteiger partial charge on any atom is 0.201 e.